The van der Waals surface area contributed by atoms with E-state index < -0.39 is 0 Å². The zero-order valence-corrected chi connectivity index (χ0v) is 9.46. The Hall–Kier alpha value is -2.62. The van der Waals surface area contributed by atoms with Crippen LogP contribution in [0, 0.1) is 0 Å². The molecule has 3 aromatic rings. The molecule has 0 atom stereocenters. The third-order valence-corrected chi connectivity index (χ3v) is 2.64. The van der Waals surface area contributed by atoms with E-state index >= 15 is 0 Å². The van der Waals surface area contributed by atoms with Crippen LogP contribution in [0.2, 0.25) is 0 Å². The maximum Gasteiger partial charge on any atom is 0.258 e. The van der Waals surface area contributed by atoms with E-state index in [1.807, 2.05) is 30.3 Å². The first kappa shape index (κ1) is 10.5. The standard InChI is InChI=1S/C14H10N2O2/c17-14(11-5-7-18-9-11)16-12-3-4-13-10(8-12)2-1-6-15-13/h1-9H,(H,16,17). The van der Waals surface area contributed by atoms with Crippen LogP contribution in [0.15, 0.2) is 59.5 Å². The normalized spacial score (nSPS) is 10.4. The first-order chi connectivity index (χ1) is 8.83. The number of aromatic nitrogens is 1. The van der Waals surface area contributed by atoms with Crippen LogP contribution in [-0.2, 0) is 0 Å². The Morgan fingerprint density at radius 1 is 1.22 bits per heavy atom. The van der Waals surface area contributed by atoms with Crippen LogP contribution in [0.25, 0.3) is 10.9 Å². The van der Waals surface area contributed by atoms with Gasteiger partial charge in [0, 0.05) is 17.3 Å². The van der Waals surface area contributed by atoms with Crippen molar-refractivity contribution in [3.8, 4) is 0 Å². The number of benzene rings is 1. The number of hydrogen-bond donors (Lipinski definition) is 1. The molecule has 0 unspecified atom stereocenters. The lowest BCUT2D eigenvalue weighted by Gasteiger charge is -2.04. The highest BCUT2D eigenvalue weighted by molar-refractivity contribution is 6.04. The van der Waals surface area contributed by atoms with Gasteiger partial charge in [-0.2, -0.15) is 0 Å². The van der Waals surface area contributed by atoms with Crippen molar-refractivity contribution < 1.29 is 9.21 Å². The SMILES string of the molecule is O=C(Nc1ccc2ncccc2c1)c1ccoc1. The van der Waals surface area contributed by atoms with Gasteiger partial charge in [-0.25, -0.2) is 0 Å². The molecular weight excluding hydrogens is 228 g/mol. The average molecular weight is 238 g/mol. The highest BCUT2D eigenvalue weighted by atomic mass is 16.3. The topological polar surface area (TPSA) is 55.1 Å². The summed E-state index contributed by atoms with van der Waals surface area (Å²) in [6, 6.07) is 11.0. The Labute approximate surface area is 103 Å². The molecule has 0 aliphatic carbocycles. The molecular formula is C14H10N2O2. The molecule has 2 heterocycles. The van der Waals surface area contributed by atoms with E-state index in [-0.39, 0.29) is 5.91 Å². The van der Waals surface area contributed by atoms with Crippen molar-refractivity contribution >= 4 is 22.5 Å². The molecule has 4 nitrogen and oxygen atoms in total. The molecule has 2 aromatic heterocycles. The minimum Gasteiger partial charge on any atom is -0.472 e. The zero-order valence-electron chi connectivity index (χ0n) is 9.46. The average Bonchev–Trinajstić information content (AvgIpc) is 2.92. The molecule has 1 amide bonds. The Bertz CT molecular complexity index is 690. The summed E-state index contributed by atoms with van der Waals surface area (Å²) in [7, 11) is 0. The molecule has 0 aliphatic heterocycles. The predicted octanol–water partition coefficient (Wildman–Crippen LogP) is 3.08. The fourth-order valence-corrected chi connectivity index (χ4v) is 1.75. The van der Waals surface area contributed by atoms with Gasteiger partial charge in [0.05, 0.1) is 17.3 Å². The first-order valence-corrected chi connectivity index (χ1v) is 5.51. The number of carbonyl (C=O) groups excluding carboxylic acids is 1. The quantitative estimate of drug-likeness (QED) is 0.746. The second-order valence-electron chi connectivity index (χ2n) is 3.88. The van der Waals surface area contributed by atoms with Crippen LogP contribution >= 0.6 is 0 Å². The van der Waals surface area contributed by atoms with Gasteiger partial charge < -0.3 is 9.73 Å². The maximum atomic E-state index is 11.8. The Balaban J connectivity index is 1.89. The number of nitrogens with one attached hydrogen (secondary N) is 1. The second kappa shape index (κ2) is 4.33. The van der Waals surface area contributed by atoms with Crippen molar-refractivity contribution in [2.24, 2.45) is 0 Å². The van der Waals surface area contributed by atoms with E-state index in [1.54, 1.807) is 12.3 Å². The van der Waals surface area contributed by atoms with Crippen molar-refractivity contribution in [1.82, 2.24) is 4.98 Å². The number of carbonyl (C=O) groups is 1. The van der Waals surface area contributed by atoms with E-state index in [4.69, 9.17) is 4.42 Å². The van der Waals surface area contributed by atoms with Gasteiger partial charge in [0.15, 0.2) is 0 Å². The van der Waals surface area contributed by atoms with Gasteiger partial charge in [0.25, 0.3) is 5.91 Å². The minimum absolute atomic E-state index is 0.188. The number of amides is 1. The van der Waals surface area contributed by atoms with Crippen molar-refractivity contribution in [2.75, 3.05) is 5.32 Å². The van der Waals surface area contributed by atoms with E-state index in [9.17, 15) is 4.79 Å². The Morgan fingerprint density at radius 3 is 3.00 bits per heavy atom. The zero-order chi connectivity index (χ0) is 12.4. The van der Waals surface area contributed by atoms with Gasteiger partial charge in [-0.05, 0) is 30.3 Å². The van der Waals surface area contributed by atoms with E-state index in [1.165, 1.54) is 12.5 Å². The Kier molecular flexibility index (Phi) is 2.53. The van der Waals surface area contributed by atoms with Crippen molar-refractivity contribution in [2.45, 2.75) is 0 Å². The summed E-state index contributed by atoms with van der Waals surface area (Å²) in [5.41, 5.74) is 2.14. The molecule has 1 N–H and O–H groups in total. The van der Waals surface area contributed by atoms with Crippen LogP contribution in [0.5, 0.6) is 0 Å². The van der Waals surface area contributed by atoms with Crippen molar-refractivity contribution in [1.29, 1.82) is 0 Å². The van der Waals surface area contributed by atoms with E-state index in [2.05, 4.69) is 10.3 Å². The fraction of sp³-hybridized carbons (Fsp3) is 0. The lowest BCUT2D eigenvalue weighted by Crippen LogP contribution is -2.10. The summed E-state index contributed by atoms with van der Waals surface area (Å²) in [6.45, 7) is 0. The number of hydrogen-bond acceptors (Lipinski definition) is 3. The van der Waals surface area contributed by atoms with Crippen molar-refractivity contribution in [3.05, 3.63) is 60.7 Å². The molecule has 0 saturated heterocycles. The maximum absolute atomic E-state index is 11.8. The van der Waals surface area contributed by atoms with Crippen LogP contribution in [0.4, 0.5) is 5.69 Å². The highest BCUT2D eigenvalue weighted by Crippen LogP contribution is 2.17. The predicted molar refractivity (Wildman–Crippen MR) is 68.4 cm³/mol. The van der Waals surface area contributed by atoms with Crippen LogP contribution in [-0.4, -0.2) is 10.9 Å². The molecule has 0 fully saturated rings. The number of furan rings is 1. The number of fused-ring (bicyclic) bond motifs is 1. The third kappa shape index (κ3) is 1.96. The molecule has 88 valence electrons. The van der Waals surface area contributed by atoms with Gasteiger partial charge in [-0.15, -0.1) is 0 Å². The van der Waals surface area contributed by atoms with Gasteiger partial charge in [0.1, 0.15) is 6.26 Å². The summed E-state index contributed by atoms with van der Waals surface area (Å²) < 4.78 is 4.87. The minimum atomic E-state index is -0.188. The lowest BCUT2D eigenvalue weighted by molar-refractivity contribution is 0.102. The fourth-order valence-electron chi connectivity index (χ4n) is 1.75. The first-order valence-electron chi connectivity index (χ1n) is 5.51. The molecule has 0 aliphatic rings. The Morgan fingerprint density at radius 2 is 2.17 bits per heavy atom. The van der Waals surface area contributed by atoms with E-state index in [0.717, 1.165) is 16.6 Å². The van der Waals surface area contributed by atoms with Gasteiger partial charge in [-0.3, -0.25) is 9.78 Å². The molecule has 0 radical (unpaired) electrons. The highest BCUT2D eigenvalue weighted by Gasteiger charge is 2.07. The largest absolute Gasteiger partial charge is 0.472 e. The van der Waals surface area contributed by atoms with Gasteiger partial charge >= 0.3 is 0 Å². The second-order valence-corrected chi connectivity index (χ2v) is 3.88. The summed E-state index contributed by atoms with van der Waals surface area (Å²) in [6.07, 6.45) is 4.63. The number of rotatable bonds is 2. The number of nitrogens with zero attached hydrogens (tertiary/aromatic N) is 1. The molecule has 1 aromatic carbocycles. The summed E-state index contributed by atoms with van der Waals surface area (Å²) in [5.74, 6) is -0.188. The molecule has 0 spiro atoms. The molecule has 0 saturated carbocycles. The smallest absolute Gasteiger partial charge is 0.258 e. The molecule has 0 bridgehead atoms. The lowest BCUT2D eigenvalue weighted by atomic mass is 10.2. The van der Waals surface area contributed by atoms with Crippen LogP contribution in [0.3, 0.4) is 0 Å². The monoisotopic (exact) mass is 238 g/mol. The summed E-state index contributed by atoms with van der Waals surface area (Å²) in [5, 5.41) is 3.80. The summed E-state index contributed by atoms with van der Waals surface area (Å²) in [4.78, 5) is 16.0. The molecule has 3 rings (SSSR count). The molecule has 18 heavy (non-hydrogen) atoms. The summed E-state index contributed by atoms with van der Waals surface area (Å²) >= 11 is 0. The van der Waals surface area contributed by atoms with Crippen LogP contribution < -0.4 is 5.32 Å². The van der Waals surface area contributed by atoms with Crippen LogP contribution in [0.1, 0.15) is 10.4 Å². The number of anilines is 1. The third-order valence-electron chi connectivity index (χ3n) is 2.64. The molecule has 4 heteroatoms. The van der Waals surface area contributed by atoms with E-state index in [0.29, 0.717) is 5.56 Å². The van der Waals surface area contributed by atoms with Gasteiger partial charge in [-0.1, -0.05) is 6.07 Å². The van der Waals surface area contributed by atoms with Gasteiger partial charge in [0.2, 0.25) is 0 Å². The number of pyridine rings is 1. The van der Waals surface area contributed by atoms with Crippen molar-refractivity contribution in [3.63, 3.8) is 0 Å².